The molecule has 0 saturated heterocycles. The molecule has 0 saturated carbocycles. The van der Waals surface area contributed by atoms with Crippen LogP contribution in [0.1, 0.15) is 13.8 Å². The zero-order chi connectivity index (χ0) is 16.9. The first-order chi connectivity index (χ1) is 10.1. The third-order valence-corrected chi connectivity index (χ3v) is 4.46. The number of nitro groups is 1. The molecule has 0 bridgehead atoms. The second kappa shape index (κ2) is 7.52. The topological polar surface area (TPSA) is 106 Å². The lowest BCUT2D eigenvalue weighted by Gasteiger charge is -2.12. The number of anilines is 1. The van der Waals surface area contributed by atoms with Crippen molar-refractivity contribution in [3.05, 3.63) is 28.3 Å². The molecule has 8 nitrogen and oxygen atoms in total. The molecular weight excluding hydrogens is 308 g/mol. The van der Waals surface area contributed by atoms with E-state index in [2.05, 4.69) is 10.0 Å². The molecule has 9 heteroatoms. The molecule has 1 aromatic carbocycles. The van der Waals surface area contributed by atoms with Crippen molar-refractivity contribution in [2.24, 2.45) is 0 Å². The summed E-state index contributed by atoms with van der Waals surface area (Å²) < 4.78 is 26.6. The maximum atomic E-state index is 12.1. The lowest BCUT2D eigenvalue weighted by Crippen LogP contribution is -3.06. The summed E-state index contributed by atoms with van der Waals surface area (Å²) in [6, 6.07) is 3.58. The average molecular weight is 331 g/mol. The molecule has 124 valence electrons. The van der Waals surface area contributed by atoms with E-state index in [1.165, 1.54) is 17.0 Å². The van der Waals surface area contributed by atoms with Crippen molar-refractivity contribution in [2.45, 2.75) is 24.8 Å². The summed E-state index contributed by atoms with van der Waals surface area (Å²) in [5.41, 5.74) is 0.0649. The summed E-state index contributed by atoms with van der Waals surface area (Å²) in [5.74, 6) is 0. The van der Waals surface area contributed by atoms with Crippen LogP contribution in [-0.2, 0) is 10.0 Å². The first-order valence-electron chi connectivity index (χ1n) is 6.97. The lowest BCUT2D eigenvalue weighted by molar-refractivity contribution is -0.856. The third kappa shape index (κ3) is 5.24. The van der Waals surface area contributed by atoms with Gasteiger partial charge in [0.1, 0.15) is 5.69 Å². The van der Waals surface area contributed by atoms with Gasteiger partial charge in [-0.15, -0.1) is 0 Å². The predicted octanol–water partition coefficient (Wildman–Crippen LogP) is -0.162. The highest BCUT2D eigenvalue weighted by Crippen LogP contribution is 2.27. The van der Waals surface area contributed by atoms with E-state index in [0.29, 0.717) is 12.2 Å². The predicted molar refractivity (Wildman–Crippen MR) is 84.7 cm³/mol. The molecule has 0 radical (unpaired) electrons. The zero-order valence-corrected chi connectivity index (χ0v) is 14.0. The number of sulfonamides is 1. The summed E-state index contributed by atoms with van der Waals surface area (Å²) >= 11 is 0. The lowest BCUT2D eigenvalue weighted by atomic mass is 10.2. The SMILES string of the molecule is CC(C)NS(=O)(=O)c1ccc(NCC[NH+](C)C)c([N+](=O)[O-])c1. The van der Waals surface area contributed by atoms with Crippen LogP contribution in [-0.4, -0.2) is 46.6 Å². The summed E-state index contributed by atoms with van der Waals surface area (Å²) in [4.78, 5) is 11.7. The molecule has 0 aliphatic rings. The molecule has 3 N–H and O–H groups in total. The maximum absolute atomic E-state index is 12.1. The minimum atomic E-state index is -3.75. The fourth-order valence-corrected chi connectivity index (χ4v) is 3.08. The molecule has 0 aliphatic carbocycles. The molecule has 1 aromatic rings. The molecule has 0 unspecified atom stereocenters. The van der Waals surface area contributed by atoms with E-state index in [4.69, 9.17) is 0 Å². The van der Waals surface area contributed by atoms with Crippen LogP contribution in [0.4, 0.5) is 11.4 Å². The number of hydrogen-bond donors (Lipinski definition) is 3. The van der Waals surface area contributed by atoms with Gasteiger partial charge in [0.25, 0.3) is 5.69 Å². The van der Waals surface area contributed by atoms with Crippen molar-refractivity contribution in [2.75, 3.05) is 32.5 Å². The molecule has 1 rings (SSSR count). The van der Waals surface area contributed by atoms with E-state index in [1.54, 1.807) is 13.8 Å². The van der Waals surface area contributed by atoms with Crippen molar-refractivity contribution in [3.63, 3.8) is 0 Å². The van der Waals surface area contributed by atoms with Crippen LogP contribution < -0.4 is 14.9 Å². The second-order valence-electron chi connectivity index (χ2n) is 5.60. The zero-order valence-electron chi connectivity index (χ0n) is 13.2. The Labute approximate surface area is 130 Å². The van der Waals surface area contributed by atoms with Gasteiger partial charge in [-0.2, -0.15) is 0 Å². The Hall–Kier alpha value is -1.71. The van der Waals surface area contributed by atoms with Crippen LogP contribution in [0.15, 0.2) is 23.1 Å². The van der Waals surface area contributed by atoms with E-state index < -0.39 is 14.9 Å². The van der Waals surface area contributed by atoms with Crippen molar-refractivity contribution in [1.29, 1.82) is 0 Å². The summed E-state index contributed by atoms with van der Waals surface area (Å²) in [5, 5.41) is 14.1. The number of likely N-dealkylation sites (N-methyl/N-ethyl adjacent to an activating group) is 1. The molecule has 22 heavy (non-hydrogen) atoms. The van der Waals surface area contributed by atoms with Crippen molar-refractivity contribution in [1.82, 2.24) is 4.72 Å². The molecule has 0 spiro atoms. The number of quaternary nitrogens is 1. The Kier molecular flexibility index (Phi) is 6.27. The van der Waals surface area contributed by atoms with Crippen LogP contribution in [0.25, 0.3) is 0 Å². The Morgan fingerprint density at radius 1 is 1.32 bits per heavy atom. The maximum Gasteiger partial charge on any atom is 0.293 e. The molecular formula is C13H23N4O4S+. The van der Waals surface area contributed by atoms with E-state index in [-0.39, 0.29) is 16.6 Å². The Morgan fingerprint density at radius 2 is 1.95 bits per heavy atom. The van der Waals surface area contributed by atoms with Gasteiger partial charge < -0.3 is 10.2 Å². The summed E-state index contributed by atoms with van der Waals surface area (Å²) in [6.07, 6.45) is 0. The third-order valence-electron chi connectivity index (χ3n) is 2.81. The largest absolute Gasteiger partial charge is 0.374 e. The van der Waals surface area contributed by atoms with Gasteiger partial charge in [0.2, 0.25) is 10.0 Å². The number of benzene rings is 1. The quantitative estimate of drug-likeness (QED) is 0.453. The number of hydrogen-bond acceptors (Lipinski definition) is 5. The van der Waals surface area contributed by atoms with Crippen LogP contribution in [0, 0.1) is 10.1 Å². The second-order valence-corrected chi connectivity index (χ2v) is 7.31. The fourth-order valence-electron chi connectivity index (χ4n) is 1.80. The van der Waals surface area contributed by atoms with E-state index in [0.717, 1.165) is 12.6 Å². The van der Waals surface area contributed by atoms with Crippen molar-refractivity contribution in [3.8, 4) is 0 Å². The number of rotatable bonds is 8. The smallest absolute Gasteiger partial charge is 0.293 e. The number of nitro benzene ring substituents is 1. The normalized spacial score (nSPS) is 11.9. The highest BCUT2D eigenvalue weighted by molar-refractivity contribution is 7.89. The van der Waals surface area contributed by atoms with Gasteiger partial charge in [-0.1, -0.05) is 0 Å². The van der Waals surface area contributed by atoms with Crippen LogP contribution in [0.2, 0.25) is 0 Å². The van der Waals surface area contributed by atoms with Crippen LogP contribution in [0.3, 0.4) is 0 Å². The van der Waals surface area contributed by atoms with Gasteiger partial charge in [0, 0.05) is 12.1 Å². The van der Waals surface area contributed by atoms with E-state index in [1.807, 2.05) is 14.1 Å². The van der Waals surface area contributed by atoms with Gasteiger partial charge >= 0.3 is 0 Å². The Bertz CT molecular complexity index is 629. The standard InChI is InChI=1S/C13H22N4O4S/c1-10(2)15-22(20,21)11-5-6-12(13(9-11)17(18)19)14-7-8-16(3)4/h5-6,9-10,14-15H,7-8H2,1-4H3/p+1. The van der Waals surface area contributed by atoms with Gasteiger partial charge in [0.05, 0.1) is 37.0 Å². The Balaban J connectivity index is 3.07. The highest BCUT2D eigenvalue weighted by Gasteiger charge is 2.21. The molecule has 0 aromatic heterocycles. The minimum absolute atomic E-state index is 0.114. The van der Waals surface area contributed by atoms with Crippen molar-refractivity contribution >= 4 is 21.4 Å². The first kappa shape index (κ1) is 18.3. The number of nitrogens with one attached hydrogen (secondary N) is 3. The molecule has 0 amide bonds. The monoisotopic (exact) mass is 331 g/mol. The first-order valence-corrected chi connectivity index (χ1v) is 8.45. The minimum Gasteiger partial charge on any atom is -0.374 e. The van der Waals surface area contributed by atoms with Gasteiger partial charge in [0.15, 0.2) is 0 Å². The van der Waals surface area contributed by atoms with E-state index in [9.17, 15) is 18.5 Å². The fraction of sp³-hybridized carbons (Fsp3) is 0.538. The highest BCUT2D eigenvalue weighted by atomic mass is 32.2. The Morgan fingerprint density at radius 3 is 2.45 bits per heavy atom. The van der Waals surface area contributed by atoms with Crippen LogP contribution >= 0.6 is 0 Å². The van der Waals surface area contributed by atoms with Gasteiger partial charge in [-0.3, -0.25) is 10.1 Å². The molecule has 0 heterocycles. The average Bonchev–Trinajstić information content (AvgIpc) is 2.36. The number of nitrogens with zero attached hydrogens (tertiary/aromatic N) is 1. The summed E-state index contributed by atoms with van der Waals surface area (Å²) in [7, 11) is 0.198. The van der Waals surface area contributed by atoms with Gasteiger partial charge in [-0.05, 0) is 26.0 Å². The summed E-state index contributed by atoms with van der Waals surface area (Å²) in [6.45, 7) is 4.71. The molecule has 0 aliphatic heterocycles. The van der Waals surface area contributed by atoms with Gasteiger partial charge in [-0.25, -0.2) is 13.1 Å². The molecule has 0 atom stereocenters. The molecule has 0 fully saturated rings. The van der Waals surface area contributed by atoms with E-state index >= 15 is 0 Å². The van der Waals surface area contributed by atoms with Crippen molar-refractivity contribution < 1.29 is 18.2 Å². The van der Waals surface area contributed by atoms with Crippen LogP contribution in [0.5, 0.6) is 0 Å².